The molecule has 4 rings (SSSR count). The lowest BCUT2D eigenvalue weighted by Gasteiger charge is -2.15. The molecule has 0 fully saturated rings. The van der Waals surface area contributed by atoms with Crippen LogP contribution in [0.1, 0.15) is 33.2 Å². The van der Waals surface area contributed by atoms with E-state index in [1.807, 2.05) is 61.0 Å². The Balaban J connectivity index is 1.41. The monoisotopic (exact) mass is 435 g/mol. The van der Waals surface area contributed by atoms with Crippen LogP contribution in [0, 0.1) is 13.8 Å². The van der Waals surface area contributed by atoms with Crippen LogP contribution in [0.25, 0.3) is 11.4 Å². The van der Waals surface area contributed by atoms with Gasteiger partial charge in [0.1, 0.15) is 0 Å². The summed E-state index contributed by atoms with van der Waals surface area (Å²) >= 11 is 6.02. The van der Waals surface area contributed by atoms with Crippen molar-refractivity contribution < 1.29 is 9.32 Å². The van der Waals surface area contributed by atoms with Crippen molar-refractivity contribution in [1.82, 2.24) is 24.8 Å². The van der Waals surface area contributed by atoms with Crippen LogP contribution in [-0.4, -0.2) is 37.8 Å². The Kier molecular flexibility index (Phi) is 5.86. The SMILES string of the molecule is Cc1cc(C)n(Cc2ccc(C(=O)N(C)Cc3nc(-c4cccc(Cl)c4)no3)cc2)n1. The second kappa shape index (κ2) is 8.73. The molecule has 31 heavy (non-hydrogen) atoms. The molecule has 8 heteroatoms. The van der Waals surface area contributed by atoms with Crippen molar-refractivity contribution in [2.75, 3.05) is 7.05 Å². The summed E-state index contributed by atoms with van der Waals surface area (Å²) in [5.41, 5.74) is 4.52. The van der Waals surface area contributed by atoms with Crippen LogP contribution in [0.5, 0.6) is 0 Å². The largest absolute Gasteiger partial charge is 0.337 e. The van der Waals surface area contributed by atoms with Crippen LogP contribution < -0.4 is 0 Å². The molecular weight excluding hydrogens is 414 g/mol. The van der Waals surface area contributed by atoms with E-state index in [0.717, 1.165) is 22.5 Å². The van der Waals surface area contributed by atoms with Crippen molar-refractivity contribution in [1.29, 1.82) is 0 Å². The Hall–Kier alpha value is -3.45. The zero-order valence-corrected chi connectivity index (χ0v) is 18.3. The standard InChI is InChI=1S/C23H22ClN5O2/c1-15-11-16(2)29(26-15)13-17-7-9-18(10-8-17)23(30)28(3)14-21-25-22(27-31-21)19-5-4-6-20(24)12-19/h4-12H,13-14H2,1-3H3. The zero-order valence-electron chi connectivity index (χ0n) is 17.5. The van der Waals surface area contributed by atoms with E-state index in [4.69, 9.17) is 16.1 Å². The highest BCUT2D eigenvalue weighted by atomic mass is 35.5. The first-order chi connectivity index (χ1) is 14.9. The topological polar surface area (TPSA) is 77.0 Å². The summed E-state index contributed by atoms with van der Waals surface area (Å²) in [7, 11) is 1.70. The van der Waals surface area contributed by atoms with E-state index in [1.54, 1.807) is 24.1 Å². The quantitative estimate of drug-likeness (QED) is 0.445. The van der Waals surface area contributed by atoms with E-state index in [9.17, 15) is 4.79 Å². The molecule has 0 saturated carbocycles. The fourth-order valence-electron chi connectivity index (χ4n) is 3.32. The highest BCUT2D eigenvalue weighted by Crippen LogP contribution is 2.20. The first-order valence-corrected chi connectivity index (χ1v) is 10.2. The maximum atomic E-state index is 12.8. The van der Waals surface area contributed by atoms with Crippen LogP contribution in [0.15, 0.2) is 59.1 Å². The summed E-state index contributed by atoms with van der Waals surface area (Å²) in [6, 6.07) is 16.8. The summed E-state index contributed by atoms with van der Waals surface area (Å²) in [6.45, 7) is 4.88. The van der Waals surface area contributed by atoms with Gasteiger partial charge >= 0.3 is 0 Å². The first kappa shape index (κ1) is 20.8. The molecular formula is C23H22ClN5O2. The molecule has 158 valence electrons. The maximum Gasteiger partial charge on any atom is 0.254 e. The van der Waals surface area contributed by atoms with Crippen molar-refractivity contribution in [3.05, 3.63) is 88.0 Å². The van der Waals surface area contributed by atoms with E-state index in [-0.39, 0.29) is 12.5 Å². The van der Waals surface area contributed by atoms with Gasteiger partial charge in [0.05, 0.1) is 18.8 Å². The second-order valence-electron chi connectivity index (χ2n) is 7.46. The molecule has 0 unspecified atom stereocenters. The molecule has 0 aliphatic carbocycles. The summed E-state index contributed by atoms with van der Waals surface area (Å²) in [5, 5.41) is 9.05. The molecule has 0 atom stereocenters. The van der Waals surface area contributed by atoms with E-state index < -0.39 is 0 Å². The third kappa shape index (κ3) is 4.83. The van der Waals surface area contributed by atoms with Gasteiger partial charge < -0.3 is 9.42 Å². The van der Waals surface area contributed by atoms with Crippen molar-refractivity contribution in [2.24, 2.45) is 0 Å². The number of rotatable bonds is 6. The summed E-state index contributed by atoms with van der Waals surface area (Å²) < 4.78 is 7.26. The molecule has 0 saturated heterocycles. The molecule has 0 bridgehead atoms. The molecule has 0 radical (unpaired) electrons. The van der Waals surface area contributed by atoms with Gasteiger partial charge in [-0.15, -0.1) is 0 Å². The highest BCUT2D eigenvalue weighted by molar-refractivity contribution is 6.30. The van der Waals surface area contributed by atoms with Gasteiger partial charge in [0.2, 0.25) is 11.7 Å². The van der Waals surface area contributed by atoms with Gasteiger partial charge in [-0.25, -0.2) is 0 Å². The number of carbonyl (C=O) groups is 1. The lowest BCUT2D eigenvalue weighted by atomic mass is 10.1. The predicted octanol–water partition coefficient (Wildman–Crippen LogP) is 4.52. The summed E-state index contributed by atoms with van der Waals surface area (Å²) in [5.74, 6) is 0.666. The van der Waals surface area contributed by atoms with Crippen molar-refractivity contribution in [3.63, 3.8) is 0 Å². The third-order valence-electron chi connectivity index (χ3n) is 4.91. The van der Waals surface area contributed by atoms with Gasteiger partial charge in [0, 0.05) is 28.9 Å². The fourth-order valence-corrected chi connectivity index (χ4v) is 3.51. The smallest absolute Gasteiger partial charge is 0.254 e. The van der Waals surface area contributed by atoms with Crippen LogP contribution in [0.2, 0.25) is 5.02 Å². The third-order valence-corrected chi connectivity index (χ3v) is 5.14. The highest BCUT2D eigenvalue weighted by Gasteiger charge is 2.16. The summed E-state index contributed by atoms with van der Waals surface area (Å²) in [6.07, 6.45) is 0. The Bertz CT molecular complexity index is 1210. The van der Waals surface area contributed by atoms with Gasteiger partial charge in [-0.1, -0.05) is 41.0 Å². The molecule has 2 heterocycles. The van der Waals surface area contributed by atoms with Crippen molar-refractivity contribution in [2.45, 2.75) is 26.9 Å². The maximum absolute atomic E-state index is 12.8. The first-order valence-electron chi connectivity index (χ1n) is 9.83. The van der Waals surface area contributed by atoms with E-state index in [2.05, 4.69) is 15.2 Å². The van der Waals surface area contributed by atoms with Gasteiger partial charge in [-0.3, -0.25) is 9.48 Å². The number of halogens is 1. The number of nitrogens with zero attached hydrogens (tertiary/aromatic N) is 5. The predicted molar refractivity (Wildman–Crippen MR) is 118 cm³/mol. The summed E-state index contributed by atoms with van der Waals surface area (Å²) in [4.78, 5) is 18.7. The molecule has 0 N–H and O–H groups in total. The average Bonchev–Trinajstić information content (AvgIpc) is 3.34. The van der Waals surface area contributed by atoms with Gasteiger partial charge in [-0.2, -0.15) is 10.1 Å². The minimum atomic E-state index is -0.125. The lowest BCUT2D eigenvalue weighted by Crippen LogP contribution is -2.26. The van der Waals surface area contributed by atoms with E-state index in [1.165, 1.54) is 0 Å². The normalized spacial score (nSPS) is 11.0. The molecule has 2 aromatic heterocycles. The minimum absolute atomic E-state index is 0.125. The number of benzene rings is 2. The van der Waals surface area contributed by atoms with Crippen LogP contribution in [-0.2, 0) is 13.1 Å². The molecule has 0 spiro atoms. The number of amides is 1. The fraction of sp³-hybridized carbons (Fsp3) is 0.217. The van der Waals surface area contributed by atoms with Crippen LogP contribution in [0.4, 0.5) is 0 Å². The molecule has 7 nitrogen and oxygen atoms in total. The van der Waals surface area contributed by atoms with E-state index >= 15 is 0 Å². The minimum Gasteiger partial charge on any atom is -0.337 e. The number of hydrogen-bond donors (Lipinski definition) is 0. The Morgan fingerprint density at radius 3 is 2.58 bits per heavy atom. The Morgan fingerprint density at radius 1 is 1.13 bits per heavy atom. The van der Waals surface area contributed by atoms with E-state index in [0.29, 0.717) is 28.8 Å². The lowest BCUT2D eigenvalue weighted by molar-refractivity contribution is 0.0769. The Morgan fingerprint density at radius 2 is 1.90 bits per heavy atom. The molecule has 2 aromatic carbocycles. The van der Waals surface area contributed by atoms with Gasteiger partial charge in [0.25, 0.3) is 5.91 Å². The van der Waals surface area contributed by atoms with Gasteiger partial charge in [-0.05, 0) is 49.7 Å². The second-order valence-corrected chi connectivity index (χ2v) is 7.90. The number of carbonyl (C=O) groups excluding carboxylic acids is 1. The number of hydrogen-bond acceptors (Lipinski definition) is 5. The molecule has 4 aromatic rings. The van der Waals surface area contributed by atoms with Crippen LogP contribution >= 0.6 is 11.6 Å². The zero-order chi connectivity index (χ0) is 22.0. The van der Waals surface area contributed by atoms with Gasteiger partial charge in [0.15, 0.2) is 0 Å². The average molecular weight is 436 g/mol. The van der Waals surface area contributed by atoms with Crippen molar-refractivity contribution >= 4 is 17.5 Å². The molecule has 1 amide bonds. The van der Waals surface area contributed by atoms with Crippen molar-refractivity contribution in [3.8, 4) is 11.4 Å². The number of aromatic nitrogens is 4. The molecule has 0 aliphatic heterocycles. The number of aryl methyl sites for hydroxylation is 2. The van der Waals surface area contributed by atoms with Crippen LogP contribution in [0.3, 0.4) is 0 Å². The Labute approximate surface area is 185 Å². The molecule has 0 aliphatic rings.